The summed E-state index contributed by atoms with van der Waals surface area (Å²) >= 11 is 1.59. The van der Waals surface area contributed by atoms with Gasteiger partial charge in [0.1, 0.15) is 0 Å². The molecule has 0 aliphatic rings. The van der Waals surface area contributed by atoms with E-state index in [0.29, 0.717) is 17.4 Å². The molecule has 5 heteroatoms. The van der Waals surface area contributed by atoms with Crippen LogP contribution < -0.4 is 5.32 Å². The van der Waals surface area contributed by atoms with Crippen molar-refractivity contribution in [3.05, 3.63) is 29.8 Å². The number of carbonyl (C=O) groups is 2. The highest BCUT2D eigenvalue weighted by molar-refractivity contribution is 7.99. The predicted molar refractivity (Wildman–Crippen MR) is 78.8 cm³/mol. The zero-order valence-corrected chi connectivity index (χ0v) is 12.0. The fourth-order valence-corrected chi connectivity index (χ4v) is 2.45. The molecule has 104 valence electrons. The number of aromatic carboxylic acids is 1. The molecular formula is C14H19NO3S. The van der Waals surface area contributed by atoms with E-state index in [9.17, 15) is 9.59 Å². The van der Waals surface area contributed by atoms with Crippen molar-refractivity contribution in [3.8, 4) is 0 Å². The first kappa shape index (κ1) is 15.6. The molecule has 19 heavy (non-hydrogen) atoms. The summed E-state index contributed by atoms with van der Waals surface area (Å²) in [6.07, 6.45) is 1.09. The van der Waals surface area contributed by atoms with E-state index in [4.69, 9.17) is 5.11 Å². The van der Waals surface area contributed by atoms with Gasteiger partial charge in [0.05, 0.1) is 11.3 Å². The number of anilines is 1. The van der Waals surface area contributed by atoms with Gasteiger partial charge in [-0.15, -0.1) is 0 Å². The van der Waals surface area contributed by atoms with Crippen LogP contribution in [-0.2, 0) is 4.79 Å². The highest BCUT2D eigenvalue weighted by Gasteiger charge is 2.06. The van der Waals surface area contributed by atoms with Crippen molar-refractivity contribution in [1.82, 2.24) is 0 Å². The third-order valence-electron chi connectivity index (χ3n) is 2.47. The van der Waals surface area contributed by atoms with Crippen LogP contribution in [0.3, 0.4) is 0 Å². The van der Waals surface area contributed by atoms with Crippen LogP contribution in [0.2, 0.25) is 0 Å². The van der Waals surface area contributed by atoms with Gasteiger partial charge in [-0.3, -0.25) is 4.79 Å². The van der Waals surface area contributed by atoms with E-state index < -0.39 is 5.97 Å². The molecule has 1 aromatic rings. The van der Waals surface area contributed by atoms with Crippen LogP contribution in [0.5, 0.6) is 0 Å². The quantitative estimate of drug-likeness (QED) is 0.754. The first-order chi connectivity index (χ1) is 8.99. The monoisotopic (exact) mass is 281 g/mol. The average Bonchev–Trinajstić information content (AvgIpc) is 2.34. The summed E-state index contributed by atoms with van der Waals surface area (Å²) in [5.41, 5.74) is 0.694. The first-order valence-corrected chi connectivity index (χ1v) is 7.35. The Labute approximate surface area is 117 Å². The third kappa shape index (κ3) is 6.29. The zero-order chi connectivity index (χ0) is 14.3. The average molecular weight is 281 g/mol. The fraction of sp³-hybridized carbons (Fsp3) is 0.429. The third-order valence-corrected chi connectivity index (χ3v) is 3.46. The molecule has 2 N–H and O–H groups in total. The zero-order valence-electron chi connectivity index (χ0n) is 11.2. The van der Waals surface area contributed by atoms with Gasteiger partial charge in [-0.25, -0.2) is 4.79 Å². The minimum Gasteiger partial charge on any atom is -0.478 e. The molecule has 1 rings (SSSR count). The molecule has 0 unspecified atom stereocenters. The van der Waals surface area contributed by atoms with Crippen LogP contribution >= 0.6 is 11.8 Å². The van der Waals surface area contributed by atoms with Crippen LogP contribution in [0.15, 0.2) is 24.3 Å². The van der Waals surface area contributed by atoms with Gasteiger partial charge >= 0.3 is 5.97 Å². The molecule has 0 heterocycles. The molecule has 0 aromatic heterocycles. The molecule has 0 bridgehead atoms. The van der Waals surface area contributed by atoms with Crippen LogP contribution in [0.1, 0.15) is 30.6 Å². The molecule has 0 spiro atoms. The number of hydrogen-bond donors (Lipinski definition) is 2. The Bertz CT molecular complexity index is 446. The molecule has 0 aliphatic carbocycles. The second-order valence-electron chi connectivity index (χ2n) is 4.67. The van der Waals surface area contributed by atoms with Gasteiger partial charge in [0.2, 0.25) is 5.91 Å². The van der Waals surface area contributed by atoms with Gasteiger partial charge in [0.15, 0.2) is 0 Å². The van der Waals surface area contributed by atoms with Gasteiger partial charge in [-0.2, -0.15) is 11.8 Å². The Balaban J connectivity index is 2.40. The second-order valence-corrected chi connectivity index (χ2v) is 5.77. The first-order valence-electron chi connectivity index (χ1n) is 6.20. The summed E-state index contributed by atoms with van der Waals surface area (Å²) in [5, 5.41) is 11.6. The lowest BCUT2D eigenvalue weighted by Gasteiger charge is -2.07. The molecule has 4 nitrogen and oxygen atoms in total. The number of amides is 1. The van der Waals surface area contributed by atoms with Crippen LogP contribution in [0, 0.1) is 5.92 Å². The number of carboxylic acids is 1. The summed E-state index contributed by atoms with van der Waals surface area (Å²) in [4.78, 5) is 22.5. The van der Waals surface area contributed by atoms with E-state index in [1.54, 1.807) is 23.9 Å². The minimum atomic E-state index is -0.998. The van der Waals surface area contributed by atoms with Gasteiger partial charge in [-0.05, 0) is 36.3 Å². The van der Waals surface area contributed by atoms with E-state index in [2.05, 4.69) is 19.2 Å². The van der Waals surface area contributed by atoms with Crippen molar-refractivity contribution < 1.29 is 14.7 Å². The number of carbonyl (C=O) groups excluding carboxylic acids is 1. The van der Waals surface area contributed by atoms with Crippen molar-refractivity contribution in [2.24, 2.45) is 5.92 Å². The largest absolute Gasteiger partial charge is 0.478 e. The maximum absolute atomic E-state index is 11.7. The van der Waals surface area contributed by atoms with Crippen LogP contribution in [0.25, 0.3) is 0 Å². The Morgan fingerprint density at radius 2 is 2.11 bits per heavy atom. The van der Waals surface area contributed by atoms with Crippen LogP contribution in [0.4, 0.5) is 5.69 Å². The van der Waals surface area contributed by atoms with Crippen molar-refractivity contribution >= 4 is 29.3 Å². The molecule has 0 fully saturated rings. The van der Waals surface area contributed by atoms with Gasteiger partial charge in [-0.1, -0.05) is 19.9 Å². The van der Waals surface area contributed by atoms with Crippen molar-refractivity contribution in [2.75, 3.05) is 16.8 Å². The molecule has 1 aromatic carbocycles. The number of hydrogen-bond acceptors (Lipinski definition) is 3. The Hall–Kier alpha value is -1.49. The summed E-state index contributed by atoms with van der Waals surface area (Å²) < 4.78 is 0. The summed E-state index contributed by atoms with van der Waals surface area (Å²) in [6, 6.07) is 6.25. The Morgan fingerprint density at radius 3 is 2.74 bits per heavy atom. The molecule has 0 saturated heterocycles. The molecule has 0 radical (unpaired) electrons. The molecule has 0 aliphatic heterocycles. The van der Waals surface area contributed by atoms with Crippen molar-refractivity contribution in [1.29, 1.82) is 0 Å². The maximum atomic E-state index is 11.7. The van der Waals surface area contributed by atoms with Gasteiger partial charge in [0, 0.05) is 5.69 Å². The highest BCUT2D eigenvalue weighted by Crippen LogP contribution is 2.12. The van der Waals surface area contributed by atoms with E-state index in [1.807, 2.05) is 0 Å². The standard InChI is InChI=1S/C14H19NO3S/c1-10(2)6-7-19-9-13(16)15-12-5-3-4-11(8-12)14(17)18/h3-5,8,10H,6-7,9H2,1-2H3,(H,15,16)(H,17,18). The van der Waals surface area contributed by atoms with E-state index in [1.165, 1.54) is 12.1 Å². The SMILES string of the molecule is CC(C)CCSCC(=O)Nc1cccc(C(=O)O)c1. The molecule has 0 atom stereocenters. The predicted octanol–water partition coefficient (Wildman–Crippen LogP) is 3.10. The number of nitrogens with one attached hydrogen (secondary N) is 1. The van der Waals surface area contributed by atoms with E-state index in [-0.39, 0.29) is 11.5 Å². The second kappa shape index (κ2) is 7.84. The fourth-order valence-electron chi connectivity index (χ4n) is 1.41. The lowest BCUT2D eigenvalue weighted by Crippen LogP contribution is -2.15. The van der Waals surface area contributed by atoms with E-state index in [0.717, 1.165) is 12.2 Å². The van der Waals surface area contributed by atoms with Crippen LogP contribution in [-0.4, -0.2) is 28.5 Å². The van der Waals surface area contributed by atoms with Gasteiger partial charge < -0.3 is 10.4 Å². The number of carboxylic acid groups (broad SMARTS) is 1. The number of rotatable bonds is 7. The number of thioether (sulfide) groups is 1. The Kier molecular flexibility index (Phi) is 6.42. The smallest absolute Gasteiger partial charge is 0.335 e. The molecule has 0 saturated carbocycles. The highest BCUT2D eigenvalue weighted by atomic mass is 32.2. The minimum absolute atomic E-state index is 0.101. The number of benzene rings is 1. The van der Waals surface area contributed by atoms with Gasteiger partial charge in [0.25, 0.3) is 0 Å². The summed E-state index contributed by atoms with van der Waals surface area (Å²) in [7, 11) is 0. The van der Waals surface area contributed by atoms with E-state index >= 15 is 0 Å². The van der Waals surface area contributed by atoms with Crippen molar-refractivity contribution in [2.45, 2.75) is 20.3 Å². The molecular weight excluding hydrogens is 262 g/mol. The normalized spacial score (nSPS) is 10.5. The molecule has 1 amide bonds. The lowest BCUT2D eigenvalue weighted by molar-refractivity contribution is -0.113. The summed E-state index contributed by atoms with van der Waals surface area (Å²) in [6.45, 7) is 4.30. The topological polar surface area (TPSA) is 66.4 Å². The Morgan fingerprint density at radius 1 is 1.37 bits per heavy atom. The lowest BCUT2D eigenvalue weighted by atomic mass is 10.2. The van der Waals surface area contributed by atoms with Crippen molar-refractivity contribution in [3.63, 3.8) is 0 Å². The summed E-state index contributed by atoms with van der Waals surface area (Å²) in [5.74, 6) is 0.895. The maximum Gasteiger partial charge on any atom is 0.335 e.